The number of carbonyl (C=O) groups is 1. The highest BCUT2D eigenvalue weighted by molar-refractivity contribution is 7.08. The highest BCUT2D eigenvalue weighted by Gasteiger charge is 2.08. The van der Waals surface area contributed by atoms with Gasteiger partial charge in [0.05, 0.1) is 17.4 Å². The quantitative estimate of drug-likeness (QED) is 0.800. The number of rotatable bonds is 4. The number of amides is 1. The van der Waals surface area contributed by atoms with Crippen molar-refractivity contribution in [1.82, 2.24) is 14.9 Å². The van der Waals surface area contributed by atoms with E-state index >= 15 is 0 Å². The van der Waals surface area contributed by atoms with Gasteiger partial charge in [-0.05, 0) is 43.0 Å². The van der Waals surface area contributed by atoms with Crippen LogP contribution < -0.4 is 5.32 Å². The number of fused-ring (bicyclic) bond motifs is 1. The molecule has 1 N–H and O–H groups in total. The third kappa shape index (κ3) is 2.83. The van der Waals surface area contributed by atoms with E-state index in [4.69, 9.17) is 0 Å². The predicted octanol–water partition coefficient (Wildman–Crippen LogP) is 3.61. The zero-order chi connectivity index (χ0) is 14.8. The molecule has 108 valence electrons. The minimum absolute atomic E-state index is 0.0379. The van der Waals surface area contributed by atoms with Crippen LogP contribution in [0.3, 0.4) is 0 Å². The average Bonchev–Trinajstić information content (AvgIpc) is 3.13. The lowest BCUT2D eigenvalue weighted by Gasteiger charge is -2.08. The van der Waals surface area contributed by atoms with Crippen LogP contribution in [0.25, 0.3) is 11.0 Å². The topological polar surface area (TPSA) is 46.9 Å². The molecule has 0 aliphatic rings. The molecule has 0 aliphatic carbocycles. The standard InChI is InChI=1S/C16H17N3OS/c1-11(2)19-10-18-14-7-12(3-4-15(14)19)8-17-16(20)13-5-6-21-9-13/h3-7,9-11H,8H2,1-2H3,(H,17,20). The summed E-state index contributed by atoms with van der Waals surface area (Å²) in [6, 6.07) is 8.35. The molecule has 0 bridgehead atoms. The van der Waals surface area contributed by atoms with Crippen molar-refractivity contribution in [3.8, 4) is 0 Å². The molecule has 2 heterocycles. The number of nitrogens with one attached hydrogen (secondary N) is 1. The van der Waals surface area contributed by atoms with Gasteiger partial charge in [0.1, 0.15) is 0 Å². The van der Waals surface area contributed by atoms with Crippen molar-refractivity contribution >= 4 is 28.3 Å². The van der Waals surface area contributed by atoms with Crippen LogP contribution in [0.5, 0.6) is 0 Å². The van der Waals surface area contributed by atoms with Gasteiger partial charge in [0.25, 0.3) is 5.91 Å². The van der Waals surface area contributed by atoms with E-state index in [2.05, 4.69) is 34.8 Å². The Kier molecular flexibility index (Phi) is 3.75. The number of thiophene rings is 1. The van der Waals surface area contributed by atoms with Gasteiger partial charge in [0, 0.05) is 23.5 Å². The van der Waals surface area contributed by atoms with Crippen molar-refractivity contribution in [2.24, 2.45) is 0 Å². The Bertz CT molecular complexity index is 759. The van der Waals surface area contributed by atoms with E-state index in [1.54, 1.807) is 0 Å². The van der Waals surface area contributed by atoms with Crippen LogP contribution in [0.15, 0.2) is 41.4 Å². The summed E-state index contributed by atoms with van der Waals surface area (Å²) in [6.07, 6.45) is 1.86. The van der Waals surface area contributed by atoms with Crippen LogP contribution in [0.4, 0.5) is 0 Å². The second-order valence-corrected chi connectivity index (χ2v) is 6.04. The summed E-state index contributed by atoms with van der Waals surface area (Å²) in [5.41, 5.74) is 3.86. The Morgan fingerprint density at radius 3 is 2.95 bits per heavy atom. The molecule has 0 atom stereocenters. The highest BCUT2D eigenvalue weighted by Crippen LogP contribution is 2.18. The Balaban J connectivity index is 1.75. The van der Waals surface area contributed by atoms with Gasteiger partial charge >= 0.3 is 0 Å². The summed E-state index contributed by atoms with van der Waals surface area (Å²) in [5.74, 6) is -0.0379. The smallest absolute Gasteiger partial charge is 0.252 e. The molecular weight excluding hydrogens is 282 g/mol. The normalized spacial score (nSPS) is 11.2. The highest BCUT2D eigenvalue weighted by atomic mass is 32.1. The maximum atomic E-state index is 11.9. The van der Waals surface area contributed by atoms with Gasteiger partial charge in [-0.2, -0.15) is 11.3 Å². The summed E-state index contributed by atoms with van der Waals surface area (Å²) in [5, 5.41) is 6.68. The van der Waals surface area contributed by atoms with Gasteiger partial charge in [0.2, 0.25) is 0 Å². The molecule has 0 aliphatic heterocycles. The van der Waals surface area contributed by atoms with Gasteiger partial charge in [-0.25, -0.2) is 4.98 Å². The number of aromatic nitrogens is 2. The van der Waals surface area contributed by atoms with Crippen LogP contribution in [-0.4, -0.2) is 15.5 Å². The summed E-state index contributed by atoms with van der Waals surface area (Å²) in [4.78, 5) is 16.3. The molecule has 0 spiro atoms. The van der Waals surface area contributed by atoms with Crippen molar-refractivity contribution in [3.05, 3.63) is 52.5 Å². The second kappa shape index (κ2) is 5.69. The van der Waals surface area contributed by atoms with Gasteiger partial charge < -0.3 is 9.88 Å². The largest absolute Gasteiger partial charge is 0.348 e. The van der Waals surface area contributed by atoms with Crippen molar-refractivity contribution in [1.29, 1.82) is 0 Å². The lowest BCUT2D eigenvalue weighted by Crippen LogP contribution is -2.22. The molecule has 1 aromatic carbocycles. The fraction of sp³-hybridized carbons (Fsp3) is 0.250. The number of hydrogen-bond acceptors (Lipinski definition) is 3. The van der Waals surface area contributed by atoms with Crippen LogP contribution in [0, 0.1) is 0 Å². The maximum absolute atomic E-state index is 11.9. The van der Waals surface area contributed by atoms with Crippen molar-refractivity contribution < 1.29 is 4.79 Å². The van der Waals surface area contributed by atoms with Gasteiger partial charge in [-0.15, -0.1) is 0 Å². The van der Waals surface area contributed by atoms with Crippen molar-refractivity contribution in [3.63, 3.8) is 0 Å². The SMILES string of the molecule is CC(C)n1cnc2cc(CNC(=O)c3ccsc3)ccc21. The molecule has 0 fully saturated rings. The first-order valence-electron chi connectivity index (χ1n) is 6.91. The van der Waals surface area contributed by atoms with E-state index in [9.17, 15) is 4.79 Å². The first kappa shape index (κ1) is 13.8. The monoisotopic (exact) mass is 299 g/mol. The fourth-order valence-corrected chi connectivity index (χ4v) is 2.91. The first-order valence-corrected chi connectivity index (χ1v) is 7.85. The third-order valence-electron chi connectivity index (χ3n) is 3.43. The number of benzene rings is 1. The Hall–Kier alpha value is -2.14. The molecule has 0 unspecified atom stereocenters. The minimum atomic E-state index is -0.0379. The molecule has 1 amide bonds. The van der Waals surface area contributed by atoms with Crippen molar-refractivity contribution in [2.75, 3.05) is 0 Å². The number of carbonyl (C=O) groups excluding carboxylic acids is 1. The van der Waals surface area contributed by atoms with Crippen molar-refractivity contribution in [2.45, 2.75) is 26.4 Å². The van der Waals surface area contributed by atoms with E-state index in [1.165, 1.54) is 11.3 Å². The molecule has 0 saturated carbocycles. The van der Waals surface area contributed by atoms with E-state index in [0.717, 1.165) is 16.6 Å². The lowest BCUT2D eigenvalue weighted by molar-refractivity contribution is 0.0951. The van der Waals surface area contributed by atoms with Crippen LogP contribution >= 0.6 is 11.3 Å². The molecule has 3 rings (SSSR count). The summed E-state index contributed by atoms with van der Waals surface area (Å²) < 4.78 is 2.14. The molecule has 3 aromatic rings. The Morgan fingerprint density at radius 1 is 1.38 bits per heavy atom. The lowest BCUT2D eigenvalue weighted by atomic mass is 10.2. The van der Waals surface area contributed by atoms with Gasteiger partial charge in [0.15, 0.2) is 0 Å². The molecule has 4 nitrogen and oxygen atoms in total. The number of nitrogens with zero attached hydrogens (tertiary/aromatic N) is 2. The van der Waals surface area contributed by atoms with E-state index < -0.39 is 0 Å². The predicted molar refractivity (Wildman–Crippen MR) is 85.6 cm³/mol. The molecule has 5 heteroatoms. The average molecular weight is 299 g/mol. The summed E-state index contributed by atoms with van der Waals surface area (Å²) >= 11 is 1.52. The molecule has 0 saturated heterocycles. The van der Waals surface area contributed by atoms with Crippen LogP contribution in [0.2, 0.25) is 0 Å². The van der Waals surface area contributed by atoms with Crippen LogP contribution in [-0.2, 0) is 6.54 Å². The molecule has 21 heavy (non-hydrogen) atoms. The van der Waals surface area contributed by atoms with Gasteiger partial charge in [-0.1, -0.05) is 6.07 Å². The third-order valence-corrected chi connectivity index (χ3v) is 4.12. The Labute approximate surface area is 127 Å². The zero-order valence-corrected chi connectivity index (χ0v) is 12.9. The van der Waals surface area contributed by atoms with Crippen LogP contribution in [0.1, 0.15) is 35.8 Å². The number of imidazole rings is 1. The minimum Gasteiger partial charge on any atom is -0.348 e. The summed E-state index contributed by atoms with van der Waals surface area (Å²) in [6.45, 7) is 4.78. The molecule has 0 radical (unpaired) electrons. The first-order chi connectivity index (χ1) is 10.1. The van der Waals surface area contributed by atoms with E-state index in [1.807, 2.05) is 35.3 Å². The molecule has 2 aromatic heterocycles. The second-order valence-electron chi connectivity index (χ2n) is 5.26. The maximum Gasteiger partial charge on any atom is 0.252 e. The number of hydrogen-bond donors (Lipinski definition) is 1. The molecular formula is C16H17N3OS. The van der Waals surface area contributed by atoms with E-state index in [0.29, 0.717) is 18.2 Å². The van der Waals surface area contributed by atoms with E-state index in [-0.39, 0.29) is 5.91 Å². The zero-order valence-electron chi connectivity index (χ0n) is 12.0. The fourth-order valence-electron chi connectivity index (χ4n) is 2.28. The summed E-state index contributed by atoms with van der Waals surface area (Å²) in [7, 11) is 0. The Morgan fingerprint density at radius 2 is 2.24 bits per heavy atom. The van der Waals surface area contributed by atoms with Gasteiger partial charge in [-0.3, -0.25) is 4.79 Å².